The van der Waals surface area contributed by atoms with E-state index in [2.05, 4.69) is 0 Å². The number of amides is 1. The van der Waals surface area contributed by atoms with E-state index in [4.69, 9.17) is 5.73 Å². The summed E-state index contributed by atoms with van der Waals surface area (Å²) in [7, 11) is 0. The molecule has 0 aromatic rings. The van der Waals surface area contributed by atoms with Crippen LogP contribution in [0, 0.1) is 5.92 Å². The van der Waals surface area contributed by atoms with Gasteiger partial charge in [0.15, 0.2) is 0 Å². The molecule has 1 unspecified atom stereocenters. The number of β-amino-alcohol motifs (C(OH)–C–C–N with tert-alkyl or cyclic N) is 1. The first kappa shape index (κ1) is 12.7. The van der Waals surface area contributed by atoms with E-state index < -0.39 is 11.6 Å². The standard InChI is InChI=1S/C10H18N2O2.ClH/c1-2-8(11)9(13)12-5-10(14,6-12)7-3-4-7;/h7-8,14H,2-6,11H2,1H3;1H. The van der Waals surface area contributed by atoms with Crippen LogP contribution in [0.5, 0.6) is 0 Å². The van der Waals surface area contributed by atoms with Crippen LogP contribution in [0.25, 0.3) is 0 Å². The SMILES string of the molecule is CCC(N)C(=O)N1CC(O)(C2CC2)C1.Cl. The van der Waals surface area contributed by atoms with Gasteiger partial charge in [0, 0.05) is 0 Å². The van der Waals surface area contributed by atoms with Gasteiger partial charge in [0.2, 0.25) is 5.91 Å². The van der Waals surface area contributed by atoms with Gasteiger partial charge < -0.3 is 15.7 Å². The molecule has 1 aliphatic heterocycles. The van der Waals surface area contributed by atoms with E-state index in [1.165, 1.54) is 0 Å². The lowest BCUT2D eigenvalue weighted by molar-refractivity contribution is -0.160. The Kier molecular flexibility index (Phi) is 3.63. The maximum absolute atomic E-state index is 11.6. The summed E-state index contributed by atoms with van der Waals surface area (Å²) in [5.74, 6) is 0.419. The molecule has 4 nitrogen and oxygen atoms in total. The Morgan fingerprint density at radius 3 is 2.53 bits per heavy atom. The zero-order valence-electron chi connectivity index (χ0n) is 8.98. The van der Waals surface area contributed by atoms with Gasteiger partial charge >= 0.3 is 0 Å². The molecule has 1 heterocycles. The number of hydrogen-bond acceptors (Lipinski definition) is 3. The quantitative estimate of drug-likeness (QED) is 0.730. The predicted molar refractivity (Wildman–Crippen MR) is 59.8 cm³/mol. The molecule has 3 N–H and O–H groups in total. The number of rotatable bonds is 3. The zero-order chi connectivity index (χ0) is 10.3. The van der Waals surface area contributed by atoms with Crippen LogP contribution in [0.3, 0.4) is 0 Å². The fourth-order valence-electron chi connectivity index (χ4n) is 2.06. The monoisotopic (exact) mass is 234 g/mol. The molecule has 15 heavy (non-hydrogen) atoms. The molecule has 1 atom stereocenters. The summed E-state index contributed by atoms with van der Waals surface area (Å²) < 4.78 is 0. The summed E-state index contributed by atoms with van der Waals surface area (Å²) in [6.07, 6.45) is 2.88. The van der Waals surface area contributed by atoms with Gasteiger partial charge in [-0.2, -0.15) is 0 Å². The van der Waals surface area contributed by atoms with Crippen LogP contribution < -0.4 is 5.73 Å². The molecule has 2 rings (SSSR count). The van der Waals surface area contributed by atoms with Crippen molar-refractivity contribution in [1.82, 2.24) is 4.90 Å². The fraction of sp³-hybridized carbons (Fsp3) is 0.900. The summed E-state index contributed by atoms with van der Waals surface area (Å²) in [4.78, 5) is 13.3. The number of likely N-dealkylation sites (tertiary alicyclic amines) is 1. The van der Waals surface area contributed by atoms with E-state index in [9.17, 15) is 9.90 Å². The first-order valence-electron chi connectivity index (χ1n) is 5.33. The molecule has 1 aliphatic carbocycles. The van der Waals surface area contributed by atoms with Crippen LogP contribution in [-0.4, -0.2) is 40.6 Å². The Hall–Kier alpha value is -0.320. The number of hydrogen-bond donors (Lipinski definition) is 2. The van der Waals surface area contributed by atoms with Crippen LogP contribution in [0.15, 0.2) is 0 Å². The molecule has 0 bridgehead atoms. The third kappa shape index (κ3) is 2.27. The molecule has 0 aromatic carbocycles. The number of aliphatic hydroxyl groups is 1. The molecule has 5 heteroatoms. The van der Waals surface area contributed by atoms with E-state index >= 15 is 0 Å². The highest BCUT2D eigenvalue weighted by Crippen LogP contribution is 2.44. The molecule has 1 amide bonds. The van der Waals surface area contributed by atoms with Crippen LogP contribution >= 0.6 is 12.4 Å². The minimum atomic E-state index is -0.580. The molecule has 0 radical (unpaired) electrons. The van der Waals surface area contributed by atoms with Crippen molar-refractivity contribution in [3.05, 3.63) is 0 Å². The molecule has 0 spiro atoms. The third-order valence-electron chi connectivity index (χ3n) is 3.34. The van der Waals surface area contributed by atoms with Gasteiger partial charge in [-0.05, 0) is 25.2 Å². The van der Waals surface area contributed by atoms with Crippen molar-refractivity contribution >= 4 is 18.3 Å². The number of nitrogens with zero attached hydrogens (tertiary/aromatic N) is 1. The predicted octanol–water partition coefficient (Wildman–Crippen LogP) is 0.129. The van der Waals surface area contributed by atoms with Crippen LogP contribution in [0.4, 0.5) is 0 Å². The molecule has 2 aliphatic rings. The van der Waals surface area contributed by atoms with Crippen molar-refractivity contribution < 1.29 is 9.90 Å². The Balaban J connectivity index is 0.00000112. The van der Waals surface area contributed by atoms with Crippen molar-refractivity contribution in [3.63, 3.8) is 0 Å². The van der Waals surface area contributed by atoms with E-state index in [-0.39, 0.29) is 18.3 Å². The maximum Gasteiger partial charge on any atom is 0.239 e. The molecule has 1 saturated heterocycles. The van der Waals surface area contributed by atoms with Crippen molar-refractivity contribution in [2.24, 2.45) is 11.7 Å². The summed E-state index contributed by atoms with van der Waals surface area (Å²) >= 11 is 0. The minimum Gasteiger partial charge on any atom is -0.386 e. The minimum absolute atomic E-state index is 0. The smallest absolute Gasteiger partial charge is 0.239 e. The Labute approximate surface area is 96.2 Å². The van der Waals surface area contributed by atoms with E-state index in [1.54, 1.807) is 4.90 Å². The highest BCUT2D eigenvalue weighted by Gasteiger charge is 2.53. The average Bonchev–Trinajstić information content (AvgIpc) is 2.93. The van der Waals surface area contributed by atoms with Crippen LogP contribution in [0.2, 0.25) is 0 Å². The van der Waals surface area contributed by atoms with Gasteiger partial charge in [0.05, 0.1) is 19.1 Å². The zero-order valence-corrected chi connectivity index (χ0v) is 9.80. The largest absolute Gasteiger partial charge is 0.386 e. The van der Waals surface area contributed by atoms with Crippen LogP contribution in [0.1, 0.15) is 26.2 Å². The second-order valence-electron chi connectivity index (χ2n) is 4.59. The Morgan fingerprint density at radius 1 is 1.60 bits per heavy atom. The lowest BCUT2D eigenvalue weighted by Gasteiger charge is -2.47. The highest BCUT2D eigenvalue weighted by atomic mass is 35.5. The van der Waals surface area contributed by atoms with Crippen molar-refractivity contribution in [2.45, 2.75) is 37.8 Å². The van der Waals surface area contributed by atoms with Gasteiger partial charge in [-0.25, -0.2) is 0 Å². The van der Waals surface area contributed by atoms with Crippen molar-refractivity contribution in [1.29, 1.82) is 0 Å². The first-order chi connectivity index (χ1) is 6.57. The van der Waals surface area contributed by atoms with E-state index in [1.807, 2.05) is 6.92 Å². The molecule has 1 saturated carbocycles. The summed E-state index contributed by atoms with van der Waals surface area (Å²) in [5.41, 5.74) is 5.05. The molecular weight excluding hydrogens is 216 g/mol. The fourth-order valence-corrected chi connectivity index (χ4v) is 2.06. The van der Waals surface area contributed by atoms with Crippen molar-refractivity contribution in [2.75, 3.05) is 13.1 Å². The van der Waals surface area contributed by atoms with Crippen LogP contribution in [-0.2, 0) is 4.79 Å². The molecule has 0 aromatic heterocycles. The lowest BCUT2D eigenvalue weighted by atomic mass is 9.88. The highest BCUT2D eigenvalue weighted by molar-refractivity contribution is 5.85. The Bertz CT molecular complexity index is 250. The van der Waals surface area contributed by atoms with Gasteiger partial charge in [0.25, 0.3) is 0 Å². The average molecular weight is 235 g/mol. The third-order valence-corrected chi connectivity index (χ3v) is 3.34. The van der Waals surface area contributed by atoms with Gasteiger partial charge in [-0.15, -0.1) is 12.4 Å². The number of nitrogens with two attached hydrogens (primary N) is 1. The normalized spacial score (nSPS) is 25.1. The second kappa shape index (κ2) is 4.28. The topological polar surface area (TPSA) is 66.6 Å². The van der Waals surface area contributed by atoms with Crippen molar-refractivity contribution in [3.8, 4) is 0 Å². The molecule has 2 fully saturated rings. The number of halogens is 1. The molecule has 88 valence electrons. The van der Waals surface area contributed by atoms with E-state index in [0.29, 0.717) is 25.4 Å². The maximum atomic E-state index is 11.6. The molecular formula is C10H19ClN2O2. The lowest BCUT2D eigenvalue weighted by Crippen LogP contribution is -2.66. The number of carbonyl (C=O) groups is 1. The summed E-state index contributed by atoms with van der Waals surface area (Å²) in [6.45, 7) is 2.88. The van der Waals surface area contributed by atoms with Gasteiger partial charge in [0.1, 0.15) is 5.60 Å². The van der Waals surface area contributed by atoms with Gasteiger partial charge in [-0.1, -0.05) is 6.92 Å². The Morgan fingerprint density at radius 2 is 2.13 bits per heavy atom. The van der Waals surface area contributed by atoms with E-state index in [0.717, 1.165) is 12.8 Å². The summed E-state index contributed by atoms with van der Waals surface area (Å²) in [5, 5.41) is 9.99. The number of carbonyl (C=O) groups excluding carboxylic acids is 1. The first-order valence-corrected chi connectivity index (χ1v) is 5.33. The second-order valence-corrected chi connectivity index (χ2v) is 4.59. The van der Waals surface area contributed by atoms with Gasteiger partial charge in [-0.3, -0.25) is 4.79 Å². The summed E-state index contributed by atoms with van der Waals surface area (Å²) in [6, 6.07) is -0.390.